The van der Waals surface area contributed by atoms with Crippen LogP contribution >= 0.6 is 0 Å². The van der Waals surface area contributed by atoms with Crippen LogP contribution in [0.5, 0.6) is 0 Å². The van der Waals surface area contributed by atoms with Gasteiger partial charge in [-0.05, 0) is 238 Å². The van der Waals surface area contributed by atoms with Gasteiger partial charge in [0.15, 0.2) is 0 Å². The SMILES string of the molecule is CC1(C)c2cc(-c3ccc(-c4ccc(-c5ccc6c(c5)C(C)(C)c5cc(-c7cc(-c8cccc9ccccc89)cc(-c8cccc9ccccc89)c7)ccc5-6)cn4)nc3)ccc2-c2ccc(-c3cc(-c4cccc5ccccc45)cc(-c4cccc5ccccc45)c3)cc21. The molecule has 16 aromatic rings. The molecule has 0 N–H and O–H groups in total. The molecule has 442 valence electrons. The van der Waals surface area contributed by atoms with Gasteiger partial charge >= 0.3 is 0 Å². The van der Waals surface area contributed by atoms with Gasteiger partial charge in [-0.15, -0.1) is 0 Å². The average Bonchev–Trinajstić information content (AvgIpc) is 1.58. The van der Waals surface area contributed by atoms with Crippen molar-refractivity contribution in [3.63, 3.8) is 0 Å². The molecule has 0 bridgehead atoms. The second-order valence-electron chi connectivity index (χ2n) is 26.9. The van der Waals surface area contributed by atoms with E-state index < -0.39 is 0 Å². The van der Waals surface area contributed by atoms with Crippen molar-refractivity contribution in [1.82, 2.24) is 9.97 Å². The van der Waals surface area contributed by atoms with Crippen LogP contribution in [-0.2, 0) is 10.8 Å². The summed E-state index contributed by atoms with van der Waals surface area (Å²) in [6.07, 6.45) is 4.02. The van der Waals surface area contributed by atoms with E-state index in [1.165, 1.54) is 154 Å². The van der Waals surface area contributed by atoms with Crippen molar-refractivity contribution in [2.75, 3.05) is 0 Å². The summed E-state index contributed by atoms with van der Waals surface area (Å²) in [5.74, 6) is 0. The summed E-state index contributed by atoms with van der Waals surface area (Å²) in [7, 11) is 0. The van der Waals surface area contributed by atoms with E-state index in [1.54, 1.807) is 0 Å². The van der Waals surface area contributed by atoms with Crippen molar-refractivity contribution in [2.24, 2.45) is 0 Å². The van der Waals surface area contributed by atoms with Gasteiger partial charge in [0.25, 0.3) is 0 Å². The first-order valence-corrected chi connectivity index (χ1v) is 32.8. The van der Waals surface area contributed by atoms with E-state index in [2.05, 4.69) is 331 Å². The number of nitrogens with zero attached hydrogens (tertiary/aromatic N) is 2. The van der Waals surface area contributed by atoms with E-state index in [9.17, 15) is 0 Å². The maximum atomic E-state index is 5.05. The van der Waals surface area contributed by atoms with Gasteiger partial charge in [0.2, 0.25) is 0 Å². The number of rotatable bonds is 9. The molecule has 0 saturated carbocycles. The lowest BCUT2D eigenvalue weighted by molar-refractivity contribution is 0.660. The smallest absolute Gasteiger partial charge is 0.0886 e. The Hall–Kier alpha value is -11.6. The Morgan fingerprint density at radius 3 is 0.713 bits per heavy atom. The molecule has 94 heavy (non-hydrogen) atoms. The van der Waals surface area contributed by atoms with Crippen LogP contribution in [-0.4, -0.2) is 9.97 Å². The third-order valence-corrected chi connectivity index (χ3v) is 20.7. The standard InChI is InChI=1S/C92H64N2/c1-91(2)85-51-61(33-39-81(85)83-41-35-63(53-87(83)91)67-45-69(77-29-13-21-57-17-5-9-25-73(57)77)49-70(46-67)78-30-14-22-58-18-6-10-26-74(58)78)65-37-43-89(93-55-65)90-44-38-66(56-94-90)62-34-40-82-84-42-36-64(54-88(84)92(3,4)86(82)52-62)68-47-71(79-31-15-23-59-19-7-11-27-75(59)79)50-72(48-68)80-32-16-24-60-20-8-12-28-76(60)80/h5-56H,1-4H3. The molecule has 14 aromatic carbocycles. The number of benzene rings is 14. The Morgan fingerprint density at radius 2 is 0.436 bits per heavy atom. The van der Waals surface area contributed by atoms with E-state index in [-0.39, 0.29) is 10.8 Å². The Bertz CT molecular complexity index is 5210. The van der Waals surface area contributed by atoms with Crippen molar-refractivity contribution in [3.8, 4) is 123 Å². The molecule has 0 fully saturated rings. The largest absolute Gasteiger partial charge is 0.254 e. The summed E-state index contributed by atoms with van der Waals surface area (Å²) >= 11 is 0. The fraction of sp³-hybridized carbons (Fsp3) is 0.0652. The number of hydrogen-bond acceptors (Lipinski definition) is 2. The second kappa shape index (κ2) is 21.5. The Labute approximate surface area is 548 Å². The predicted molar refractivity (Wildman–Crippen MR) is 396 cm³/mol. The first-order valence-electron chi connectivity index (χ1n) is 32.8. The van der Waals surface area contributed by atoms with Gasteiger partial charge < -0.3 is 0 Å². The molecular weight excluding hydrogens is 1130 g/mol. The van der Waals surface area contributed by atoms with Crippen LogP contribution in [0, 0.1) is 0 Å². The topological polar surface area (TPSA) is 25.8 Å². The van der Waals surface area contributed by atoms with Crippen LogP contribution in [0.25, 0.3) is 166 Å². The van der Waals surface area contributed by atoms with E-state index in [4.69, 9.17) is 9.97 Å². The van der Waals surface area contributed by atoms with Gasteiger partial charge in [-0.1, -0.05) is 258 Å². The highest BCUT2D eigenvalue weighted by molar-refractivity contribution is 6.04. The Morgan fingerprint density at radius 1 is 0.191 bits per heavy atom. The normalized spacial score (nSPS) is 13.3. The van der Waals surface area contributed by atoms with Crippen LogP contribution in [0.3, 0.4) is 0 Å². The zero-order chi connectivity index (χ0) is 62.8. The summed E-state index contributed by atoms with van der Waals surface area (Å²) in [5.41, 5.74) is 30.8. The van der Waals surface area contributed by atoms with Crippen molar-refractivity contribution >= 4 is 43.1 Å². The summed E-state index contributed by atoms with van der Waals surface area (Å²) in [4.78, 5) is 10.1. The zero-order valence-electron chi connectivity index (χ0n) is 52.9. The molecule has 2 heterocycles. The maximum absolute atomic E-state index is 5.05. The molecule has 2 aliphatic carbocycles. The average molecular weight is 1200 g/mol. The monoisotopic (exact) mass is 1200 g/mol. The summed E-state index contributed by atoms with van der Waals surface area (Å²) in [6.45, 7) is 9.52. The molecule has 2 aliphatic rings. The summed E-state index contributed by atoms with van der Waals surface area (Å²) < 4.78 is 0. The molecule has 0 unspecified atom stereocenters. The van der Waals surface area contributed by atoms with E-state index in [1.807, 2.05) is 12.4 Å². The van der Waals surface area contributed by atoms with Crippen LogP contribution < -0.4 is 0 Å². The minimum absolute atomic E-state index is 0.235. The minimum Gasteiger partial charge on any atom is -0.254 e. The van der Waals surface area contributed by atoms with Gasteiger partial charge in [0.05, 0.1) is 11.4 Å². The molecule has 0 amide bonds. The third kappa shape index (κ3) is 9.08. The van der Waals surface area contributed by atoms with E-state index in [0.717, 1.165) is 33.6 Å². The van der Waals surface area contributed by atoms with Crippen molar-refractivity contribution in [2.45, 2.75) is 38.5 Å². The molecule has 2 aromatic heterocycles. The maximum Gasteiger partial charge on any atom is 0.0886 e. The molecule has 0 atom stereocenters. The molecular formula is C92H64N2. The lowest BCUT2D eigenvalue weighted by Gasteiger charge is -2.23. The molecule has 18 rings (SSSR count). The number of aromatic nitrogens is 2. The van der Waals surface area contributed by atoms with Crippen LogP contribution in [0.2, 0.25) is 0 Å². The van der Waals surface area contributed by atoms with Crippen molar-refractivity contribution in [3.05, 3.63) is 338 Å². The molecule has 0 radical (unpaired) electrons. The van der Waals surface area contributed by atoms with Gasteiger partial charge in [-0.2, -0.15) is 0 Å². The third-order valence-electron chi connectivity index (χ3n) is 20.7. The minimum atomic E-state index is -0.235. The van der Waals surface area contributed by atoms with Crippen LogP contribution in [0.15, 0.2) is 316 Å². The van der Waals surface area contributed by atoms with E-state index in [0.29, 0.717) is 0 Å². The number of fused-ring (bicyclic) bond motifs is 10. The quantitative estimate of drug-likeness (QED) is 0.144. The lowest BCUT2D eigenvalue weighted by atomic mass is 9.80. The number of pyridine rings is 2. The highest BCUT2D eigenvalue weighted by Gasteiger charge is 2.38. The summed E-state index contributed by atoms with van der Waals surface area (Å²) in [6, 6.07) is 113. The Balaban J connectivity index is 0.614. The van der Waals surface area contributed by atoms with Gasteiger partial charge in [0.1, 0.15) is 0 Å². The zero-order valence-corrected chi connectivity index (χ0v) is 52.9. The van der Waals surface area contributed by atoms with Crippen molar-refractivity contribution < 1.29 is 0 Å². The first kappa shape index (κ1) is 55.3. The van der Waals surface area contributed by atoms with Gasteiger partial charge in [-0.3, -0.25) is 9.97 Å². The second-order valence-corrected chi connectivity index (χ2v) is 26.9. The van der Waals surface area contributed by atoms with E-state index >= 15 is 0 Å². The van der Waals surface area contributed by atoms with Gasteiger partial charge in [0, 0.05) is 34.4 Å². The lowest BCUT2D eigenvalue weighted by Crippen LogP contribution is -2.15. The van der Waals surface area contributed by atoms with Crippen LogP contribution in [0.1, 0.15) is 49.9 Å². The molecule has 2 nitrogen and oxygen atoms in total. The highest BCUT2D eigenvalue weighted by Crippen LogP contribution is 2.53. The van der Waals surface area contributed by atoms with Crippen molar-refractivity contribution in [1.29, 1.82) is 0 Å². The molecule has 2 heteroatoms. The highest BCUT2D eigenvalue weighted by atomic mass is 14.8. The number of hydrogen-bond donors (Lipinski definition) is 0. The summed E-state index contributed by atoms with van der Waals surface area (Å²) in [5, 5.41) is 9.98. The fourth-order valence-corrected chi connectivity index (χ4v) is 15.7. The molecule has 0 aliphatic heterocycles. The van der Waals surface area contributed by atoms with Gasteiger partial charge in [-0.25, -0.2) is 0 Å². The first-order chi connectivity index (χ1) is 46.1. The molecule has 0 saturated heterocycles. The fourth-order valence-electron chi connectivity index (χ4n) is 15.7. The predicted octanol–water partition coefficient (Wildman–Crippen LogP) is 24.7. The van der Waals surface area contributed by atoms with Crippen LogP contribution in [0.4, 0.5) is 0 Å². The molecule has 0 spiro atoms. The Kier molecular flexibility index (Phi) is 12.7.